The third kappa shape index (κ3) is 2.74. The summed E-state index contributed by atoms with van der Waals surface area (Å²) < 4.78 is 5.68. The molecular weight excluding hydrogens is 300 g/mol. The van der Waals surface area contributed by atoms with Gasteiger partial charge in [0.2, 0.25) is 5.91 Å². The van der Waals surface area contributed by atoms with Gasteiger partial charge in [-0.2, -0.15) is 0 Å². The lowest BCUT2D eigenvalue weighted by atomic mass is 9.54. The second-order valence-corrected chi connectivity index (χ2v) is 7.54. The second-order valence-electron chi connectivity index (χ2n) is 7.54. The molecule has 1 aromatic heterocycles. The van der Waals surface area contributed by atoms with Crippen LogP contribution in [0.5, 0.6) is 0 Å². The van der Waals surface area contributed by atoms with Gasteiger partial charge >= 0.3 is 0 Å². The number of nitrogens with zero attached hydrogens (tertiary/aromatic N) is 1. The molecule has 128 valence electrons. The third-order valence-electron chi connectivity index (χ3n) is 5.88. The zero-order chi connectivity index (χ0) is 17.3. The number of carbonyl (C=O) groups excluding carboxylic acids is 1. The molecule has 0 aliphatic heterocycles. The van der Waals surface area contributed by atoms with Crippen molar-refractivity contribution in [1.29, 1.82) is 0 Å². The quantitative estimate of drug-likeness (QED) is 0.927. The maximum atomic E-state index is 12.5. The molecule has 0 bridgehead atoms. The predicted molar refractivity (Wildman–Crippen MR) is 93.3 cm³/mol. The highest BCUT2D eigenvalue weighted by molar-refractivity contribution is 5.78. The molecule has 1 aliphatic carbocycles. The summed E-state index contributed by atoms with van der Waals surface area (Å²) in [6.07, 6.45) is 5.17. The number of rotatable bonds is 4. The number of nitrogens with two attached hydrogens (primary N) is 1. The molecule has 0 spiro atoms. The molecule has 4 nitrogen and oxygen atoms in total. The molecule has 1 aromatic carbocycles. The molecule has 4 heteroatoms. The van der Waals surface area contributed by atoms with Crippen LogP contribution in [0.3, 0.4) is 0 Å². The van der Waals surface area contributed by atoms with Crippen LogP contribution >= 0.6 is 0 Å². The molecule has 4 unspecified atom stereocenters. The molecule has 1 fully saturated rings. The molecule has 1 saturated carbocycles. The number of oxazole rings is 1. The lowest BCUT2D eigenvalue weighted by Gasteiger charge is -2.49. The van der Waals surface area contributed by atoms with Gasteiger partial charge in [-0.3, -0.25) is 4.79 Å². The third-order valence-corrected chi connectivity index (χ3v) is 5.88. The van der Waals surface area contributed by atoms with E-state index in [1.54, 1.807) is 6.20 Å². The molecule has 2 aromatic rings. The van der Waals surface area contributed by atoms with E-state index >= 15 is 0 Å². The molecule has 4 atom stereocenters. The largest absolute Gasteiger partial charge is 0.448 e. The van der Waals surface area contributed by atoms with Gasteiger partial charge in [-0.05, 0) is 30.2 Å². The Morgan fingerprint density at radius 3 is 2.58 bits per heavy atom. The van der Waals surface area contributed by atoms with Crippen molar-refractivity contribution in [3.05, 3.63) is 54.2 Å². The van der Waals surface area contributed by atoms with E-state index in [9.17, 15) is 4.79 Å². The molecule has 24 heavy (non-hydrogen) atoms. The van der Waals surface area contributed by atoms with E-state index in [0.29, 0.717) is 5.92 Å². The summed E-state index contributed by atoms with van der Waals surface area (Å²) in [5.41, 5.74) is 6.91. The molecule has 0 saturated heterocycles. The average molecular weight is 326 g/mol. The fraction of sp³-hybridized carbons (Fsp3) is 0.500. The summed E-state index contributed by atoms with van der Waals surface area (Å²) in [6, 6.07) is 10.4. The maximum absolute atomic E-state index is 12.5. The summed E-state index contributed by atoms with van der Waals surface area (Å²) in [5.74, 6) is 0.827. The highest BCUT2D eigenvalue weighted by Crippen LogP contribution is 2.55. The highest BCUT2D eigenvalue weighted by Gasteiger charge is 2.52. The fourth-order valence-electron chi connectivity index (χ4n) is 4.58. The standard InChI is InChI=1S/C20H26N2O2/c1-13(2)15-9-10-20(3,14-7-5-4-6-8-14)18(17(15)19(21)23)16-11-22-12-24-16/h4-8,11-13,15,17-18H,9-10H2,1-3H3,(H2,21,23). The van der Waals surface area contributed by atoms with Crippen molar-refractivity contribution in [1.82, 2.24) is 4.98 Å². The molecule has 3 rings (SSSR count). The van der Waals surface area contributed by atoms with Gasteiger partial charge < -0.3 is 10.2 Å². The Kier molecular flexibility index (Phi) is 4.48. The Morgan fingerprint density at radius 1 is 1.33 bits per heavy atom. The first-order valence-corrected chi connectivity index (χ1v) is 8.68. The normalized spacial score (nSPS) is 30.4. The van der Waals surface area contributed by atoms with Gasteiger partial charge in [0.1, 0.15) is 5.76 Å². The SMILES string of the molecule is CC(C)C1CCC(C)(c2ccccc2)C(c2cnco2)C1C(N)=O. The van der Waals surface area contributed by atoms with Crippen LogP contribution in [0.1, 0.15) is 50.9 Å². The van der Waals surface area contributed by atoms with Gasteiger partial charge in [0.05, 0.1) is 12.1 Å². The van der Waals surface area contributed by atoms with E-state index in [4.69, 9.17) is 10.2 Å². The van der Waals surface area contributed by atoms with Gasteiger partial charge in [0, 0.05) is 11.3 Å². The topological polar surface area (TPSA) is 69.1 Å². The Morgan fingerprint density at radius 2 is 2.04 bits per heavy atom. The smallest absolute Gasteiger partial charge is 0.221 e. The number of benzene rings is 1. The van der Waals surface area contributed by atoms with Crippen molar-refractivity contribution in [2.45, 2.75) is 44.9 Å². The van der Waals surface area contributed by atoms with E-state index in [-0.39, 0.29) is 29.1 Å². The van der Waals surface area contributed by atoms with Crippen LogP contribution in [0.25, 0.3) is 0 Å². The van der Waals surface area contributed by atoms with Gasteiger partial charge in [0.25, 0.3) is 0 Å². The highest BCUT2D eigenvalue weighted by atomic mass is 16.3. The minimum absolute atomic E-state index is 0.0963. The maximum Gasteiger partial charge on any atom is 0.221 e. The van der Waals surface area contributed by atoms with Gasteiger partial charge in [-0.1, -0.05) is 51.1 Å². The van der Waals surface area contributed by atoms with Gasteiger partial charge in [-0.25, -0.2) is 4.98 Å². The second kappa shape index (κ2) is 6.42. The van der Waals surface area contributed by atoms with Crippen molar-refractivity contribution in [3.63, 3.8) is 0 Å². The lowest BCUT2D eigenvalue weighted by Crippen LogP contribution is -2.49. The first kappa shape index (κ1) is 16.7. The Labute approximate surface area is 143 Å². The molecular formula is C20H26N2O2. The number of carbonyl (C=O) groups is 1. The van der Waals surface area contributed by atoms with E-state index < -0.39 is 0 Å². The van der Waals surface area contributed by atoms with Crippen molar-refractivity contribution >= 4 is 5.91 Å². The number of amides is 1. The van der Waals surface area contributed by atoms with E-state index in [0.717, 1.165) is 18.6 Å². The minimum atomic E-state index is -0.253. The summed E-state index contributed by atoms with van der Waals surface area (Å²) >= 11 is 0. The van der Waals surface area contributed by atoms with Gasteiger partial charge in [0.15, 0.2) is 6.39 Å². The van der Waals surface area contributed by atoms with Crippen LogP contribution < -0.4 is 5.73 Å². The summed E-state index contributed by atoms with van der Waals surface area (Å²) in [4.78, 5) is 16.6. The first-order valence-electron chi connectivity index (χ1n) is 8.68. The minimum Gasteiger partial charge on any atom is -0.448 e. The Bertz CT molecular complexity index is 681. The van der Waals surface area contributed by atoms with E-state index in [1.165, 1.54) is 12.0 Å². The Hall–Kier alpha value is -2.10. The van der Waals surface area contributed by atoms with Crippen molar-refractivity contribution in [2.24, 2.45) is 23.5 Å². The van der Waals surface area contributed by atoms with Crippen molar-refractivity contribution in [2.75, 3.05) is 0 Å². The van der Waals surface area contributed by atoms with Crippen molar-refractivity contribution < 1.29 is 9.21 Å². The van der Waals surface area contributed by atoms with Crippen LogP contribution in [0.4, 0.5) is 0 Å². The van der Waals surface area contributed by atoms with Crippen molar-refractivity contribution in [3.8, 4) is 0 Å². The molecule has 2 N–H and O–H groups in total. The lowest BCUT2D eigenvalue weighted by molar-refractivity contribution is -0.128. The average Bonchev–Trinajstić information content (AvgIpc) is 3.08. The van der Waals surface area contributed by atoms with Crippen LogP contribution in [0, 0.1) is 17.8 Å². The number of hydrogen-bond acceptors (Lipinski definition) is 3. The predicted octanol–water partition coefficient (Wildman–Crippen LogP) is 3.88. The molecule has 1 aliphatic rings. The van der Waals surface area contributed by atoms with Crippen LogP contribution in [0.15, 0.2) is 47.3 Å². The summed E-state index contributed by atoms with van der Waals surface area (Å²) in [7, 11) is 0. The zero-order valence-corrected chi connectivity index (χ0v) is 14.6. The first-order chi connectivity index (χ1) is 11.4. The van der Waals surface area contributed by atoms with Crippen LogP contribution in [0.2, 0.25) is 0 Å². The molecule has 1 heterocycles. The van der Waals surface area contributed by atoms with E-state index in [1.807, 2.05) is 18.2 Å². The van der Waals surface area contributed by atoms with Crippen LogP contribution in [-0.2, 0) is 10.2 Å². The van der Waals surface area contributed by atoms with Crippen LogP contribution in [-0.4, -0.2) is 10.9 Å². The number of primary amides is 1. The molecule has 0 radical (unpaired) electrons. The Balaban J connectivity index is 2.14. The summed E-state index contributed by atoms with van der Waals surface area (Å²) in [5, 5.41) is 0. The zero-order valence-electron chi connectivity index (χ0n) is 14.6. The number of aromatic nitrogens is 1. The van der Waals surface area contributed by atoms with Gasteiger partial charge in [-0.15, -0.1) is 0 Å². The molecule has 1 amide bonds. The monoisotopic (exact) mass is 326 g/mol. The fourth-order valence-corrected chi connectivity index (χ4v) is 4.58. The number of hydrogen-bond donors (Lipinski definition) is 1. The summed E-state index contributed by atoms with van der Waals surface area (Å²) in [6.45, 7) is 6.56. The van der Waals surface area contributed by atoms with E-state index in [2.05, 4.69) is 37.9 Å².